The van der Waals surface area contributed by atoms with Crippen LogP contribution < -0.4 is 4.87 Å². The van der Waals surface area contributed by atoms with Crippen LogP contribution in [0.3, 0.4) is 0 Å². The van der Waals surface area contributed by atoms with Crippen LogP contribution in [0.1, 0.15) is 47.8 Å². The van der Waals surface area contributed by atoms with Gasteiger partial charge >= 0.3 is 4.87 Å². The van der Waals surface area contributed by atoms with Gasteiger partial charge in [-0.05, 0) is 30.5 Å². The molecule has 0 N–H and O–H groups in total. The number of hydrogen-bond donors (Lipinski definition) is 0. The van der Waals surface area contributed by atoms with Crippen molar-refractivity contribution in [1.29, 1.82) is 0 Å². The summed E-state index contributed by atoms with van der Waals surface area (Å²) in [6, 6.07) is 7.78. The van der Waals surface area contributed by atoms with E-state index in [-0.39, 0.29) is 16.7 Å². The highest BCUT2D eigenvalue weighted by molar-refractivity contribution is 7.07. The van der Waals surface area contributed by atoms with Gasteiger partial charge in [0, 0.05) is 55.8 Å². The zero-order valence-corrected chi connectivity index (χ0v) is 17.5. The van der Waals surface area contributed by atoms with Crippen molar-refractivity contribution in [3.05, 3.63) is 56.1 Å². The molecule has 0 bridgehead atoms. The van der Waals surface area contributed by atoms with Crippen molar-refractivity contribution in [3.63, 3.8) is 0 Å². The van der Waals surface area contributed by atoms with E-state index in [9.17, 15) is 14.4 Å². The lowest BCUT2D eigenvalue weighted by Gasteiger charge is -2.35. The Labute approximate surface area is 169 Å². The van der Waals surface area contributed by atoms with Crippen molar-refractivity contribution in [2.75, 3.05) is 26.2 Å². The van der Waals surface area contributed by atoms with Gasteiger partial charge in [-0.2, -0.15) is 0 Å². The Hall–Kier alpha value is -2.41. The summed E-state index contributed by atoms with van der Waals surface area (Å²) in [5.41, 5.74) is 2.80. The fraction of sp³-hybridized carbons (Fsp3) is 0.476. The van der Waals surface area contributed by atoms with Gasteiger partial charge in [-0.3, -0.25) is 14.4 Å². The molecule has 0 aliphatic carbocycles. The van der Waals surface area contributed by atoms with E-state index < -0.39 is 0 Å². The van der Waals surface area contributed by atoms with Crippen LogP contribution in [0, 0.1) is 6.92 Å². The Morgan fingerprint density at radius 2 is 1.64 bits per heavy atom. The van der Waals surface area contributed by atoms with Crippen LogP contribution >= 0.6 is 11.3 Å². The van der Waals surface area contributed by atoms with Gasteiger partial charge in [0.1, 0.15) is 0 Å². The number of carbonyl (C=O) groups is 2. The number of thiazole rings is 1. The highest BCUT2D eigenvalue weighted by Crippen LogP contribution is 2.16. The highest BCUT2D eigenvalue weighted by Gasteiger charge is 2.25. The summed E-state index contributed by atoms with van der Waals surface area (Å²) in [5.74, 6) is 0.487. The first-order chi connectivity index (χ1) is 13.4. The van der Waals surface area contributed by atoms with E-state index in [1.807, 2.05) is 41.5 Å². The number of aromatic nitrogens is 1. The minimum atomic E-state index is -0.0239. The topological polar surface area (TPSA) is 62.6 Å². The summed E-state index contributed by atoms with van der Waals surface area (Å²) in [6.45, 7) is 8.68. The second kappa shape index (κ2) is 8.73. The third-order valence-electron chi connectivity index (χ3n) is 5.27. The highest BCUT2D eigenvalue weighted by atomic mass is 32.1. The molecule has 0 radical (unpaired) electrons. The maximum atomic E-state index is 12.7. The van der Waals surface area contributed by atoms with E-state index in [2.05, 4.69) is 13.8 Å². The quantitative estimate of drug-likeness (QED) is 0.774. The smallest absolute Gasteiger partial charge is 0.307 e. The number of amides is 2. The standard InChI is InChI=1S/C21H27N3O3S/c1-15(2)17-4-6-18(7-5-17)20(26)23-12-10-22(11-13-23)19(25)8-9-24-16(3)14-28-21(24)27/h4-7,14-15H,8-13H2,1-3H3. The second-order valence-corrected chi connectivity index (χ2v) is 8.31. The fourth-order valence-corrected chi connectivity index (χ4v) is 4.15. The van der Waals surface area contributed by atoms with Crippen LogP contribution in [-0.2, 0) is 11.3 Å². The van der Waals surface area contributed by atoms with Crippen LogP contribution in [-0.4, -0.2) is 52.4 Å². The third kappa shape index (κ3) is 4.52. The number of hydrogen-bond acceptors (Lipinski definition) is 4. The number of carbonyl (C=O) groups excluding carboxylic acids is 2. The van der Waals surface area contributed by atoms with Crippen molar-refractivity contribution < 1.29 is 9.59 Å². The summed E-state index contributed by atoms with van der Waals surface area (Å²) in [5, 5.41) is 1.81. The van der Waals surface area contributed by atoms with Gasteiger partial charge in [-0.25, -0.2) is 0 Å². The molecule has 3 rings (SSSR count). The summed E-state index contributed by atoms with van der Waals surface area (Å²) in [4.78, 5) is 40.5. The molecule has 2 aromatic rings. The van der Waals surface area contributed by atoms with Gasteiger partial charge in [-0.1, -0.05) is 37.3 Å². The van der Waals surface area contributed by atoms with Crippen LogP contribution in [0.2, 0.25) is 0 Å². The molecule has 28 heavy (non-hydrogen) atoms. The molecule has 7 heteroatoms. The van der Waals surface area contributed by atoms with Gasteiger partial charge in [0.2, 0.25) is 5.91 Å². The molecule has 150 valence electrons. The van der Waals surface area contributed by atoms with E-state index >= 15 is 0 Å². The minimum Gasteiger partial charge on any atom is -0.339 e. The predicted molar refractivity (Wildman–Crippen MR) is 111 cm³/mol. The summed E-state index contributed by atoms with van der Waals surface area (Å²) < 4.78 is 1.64. The van der Waals surface area contributed by atoms with Crippen LogP contribution in [0.5, 0.6) is 0 Å². The van der Waals surface area contributed by atoms with Crippen molar-refractivity contribution in [2.24, 2.45) is 0 Å². The van der Waals surface area contributed by atoms with Gasteiger partial charge in [0.25, 0.3) is 5.91 Å². The van der Waals surface area contributed by atoms with E-state index in [0.29, 0.717) is 50.6 Å². The molecule has 1 aliphatic rings. The predicted octanol–water partition coefficient (Wildman–Crippen LogP) is 2.72. The van der Waals surface area contributed by atoms with Crippen molar-refractivity contribution >= 4 is 23.2 Å². The Bertz CT molecular complexity index is 890. The molecule has 0 saturated carbocycles. The molecule has 2 heterocycles. The monoisotopic (exact) mass is 401 g/mol. The Morgan fingerprint density at radius 3 is 2.18 bits per heavy atom. The summed E-state index contributed by atoms with van der Waals surface area (Å²) in [6.07, 6.45) is 0.308. The van der Waals surface area contributed by atoms with Gasteiger partial charge < -0.3 is 14.4 Å². The Balaban J connectivity index is 1.51. The van der Waals surface area contributed by atoms with Crippen LogP contribution in [0.4, 0.5) is 0 Å². The molecule has 1 aromatic heterocycles. The second-order valence-electron chi connectivity index (χ2n) is 7.49. The van der Waals surface area contributed by atoms with Gasteiger partial charge in [-0.15, -0.1) is 0 Å². The number of benzene rings is 1. The SMILES string of the molecule is Cc1csc(=O)n1CCC(=O)N1CCN(C(=O)c2ccc(C(C)C)cc2)CC1. The molecular formula is C21H27N3O3S. The molecule has 1 aromatic carbocycles. The van der Waals surface area contributed by atoms with Crippen molar-refractivity contribution in [3.8, 4) is 0 Å². The normalized spacial score (nSPS) is 14.6. The largest absolute Gasteiger partial charge is 0.339 e. The van der Waals surface area contributed by atoms with E-state index in [4.69, 9.17) is 0 Å². The van der Waals surface area contributed by atoms with Crippen molar-refractivity contribution in [2.45, 2.75) is 39.7 Å². The third-order valence-corrected chi connectivity index (χ3v) is 6.15. The number of piperazine rings is 1. The average Bonchev–Trinajstić information content (AvgIpc) is 3.03. The maximum Gasteiger partial charge on any atom is 0.307 e. The first-order valence-corrected chi connectivity index (χ1v) is 10.6. The van der Waals surface area contributed by atoms with Gasteiger partial charge in [0.15, 0.2) is 0 Å². The molecule has 0 atom stereocenters. The molecule has 1 saturated heterocycles. The summed E-state index contributed by atoms with van der Waals surface area (Å²) >= 11 is 1.16. The molecule has 6 nitrogen and oxygen atoms in total. The first kappa shape index (κ1) is 20.3. The Kier molecular flexibility index (Phi) is 6.34. The zero-order chi connectivity index (χ0) is 20.3. The summed E-state index contributed by atoms with van der Waals surface area (Å²) in [7, 11) is 0. The first-order valence-electron chi connectivity index (χ1n) is 9.68. The van der Waals surface area contributed by atoms with E-state index in [1.54, 1.807) is 9.47 Å². The minimum absolute atomic E-state index is 0.0165. The molecule has 2 amide bonds. The lowest BCUT2D eigenvalue weighted by atomic mass is 10.0. The zero-order valence-electron chi connectivity index (χ0n) is 16.7. The fourth-order valence-electron chi connectivity index (χ4n) is 3.39. The molecule has 0 unspecified atom stereocenters. The Morgan fingerprint density at radius 1 is 1.04 bits per heavy atom. The van der Waals surface area contributed by atoms with Gasteiger partial charge in [0.05, 0.1) is 0 Å². The lowest BCUT2D eigenvalue weighted by Crippen LogP contribution is -2.50. The number of aryl methyl sites for hydroxylation is 1. The van der Waals surface area contributed by atoms with E-state index in [0.717, 1.165) is 17.0 Å². The van der Waals surface area contributed by atoms with Crippen LogP contribution in [0.25, 0.3) is 0 Å². The molecule has 1 fully saturated rings. The maximum absolute atomic E-state index is 12.7. The van der Waals surface area contributed by atoms with E-state index in [1.165, 1.54) is 5.56 Å². The molecular weight excluding hydrogens is 374 g/mol. The molecule has 0 spiro atoms. The number of rotatable bonds is 5. The average molecular weight is 402 g/mol. The number of nitrogens with zero attached hydrogens (tertiary/aromatic N) is 3. The van der Waals surface area contributed by atoms with Crippen molar-refractivity contribution in [1.82, 2.24) is 14.4 Å². The molecule has 1 aliphatic heterocycles. The van der Waals surface area contributed by atoms with Crippen LogP contribution in [0.15, 0.2) is 34.4 Å². The lowest BCUT2D eigenvalue weighted by molar-refractivity contribution is -0.132.